The third-order valence-corrected chi connectivity index (χ3v) is 4.98. The Morgan fingerprint density at radius 2 is 1.83 bits per heavy atom. The molecule has 0 spiro atoms. The van der Waals surface area contributed by atoms with Crippen LogP contribution in [0.2, 0.25) is 0 Å². The number of ether oxygens (including phenoxy) is 2. The van der Waals surface area contributed by atoms with E-state index in [-0.39, 0.29) is 24.2 Å². The summed E-state index contributed by atoms with van der Waals surface area (Å²) in [5.41, 5.74) is 1.73. The van der Waals surface area contributed by atoms with E-state index in [0.29, 0.717) is 18.8 Å². The summed E-state index contributed by atoms with van der Waals surface area (Å²) in [6.45, 7) is 3.45. The minimum Gasteiger partial charge on any atom is -0.490 e. The van der Waals surface area contributed by atoms with Gasteiger partial charge in [-0.15, -0.1) is 10.2 Å². The number of aromatic nitrogens is 2. The first-order chi connectivity index (χ1) is 14.2. The van der Waals surface area contributed by atoms with Crippen LogP contribution in [0.3, 0.4) is 0 Å². The zero-order chi connectivity index (χ0) is 20.2. The Morgan fingerprint density at radius 1 is 1.10 bits per heavy atom. The highest BCUT2D eigenvalue weighted by atomic mass is 19.1. The second-order valence-corrected chi connectivity index (χ2v) is 6.89. The van der Waals surface area contributed by atoms with Crippen molar-refractivity contribution in [2.75, 3.05) is 24.6 Å². The highest BCUT2D eigenvalue weighted by molar-refractivity contribution is 6.03. The van der Waals surface area contributed by atoms with Crippen molar-refractivity contribution in [3.05, 3.63) is 60.0 Å². The standard InChI is InChI=1S/C22H22FN3O3/c1-2-28-22(27)20-21(18-5-3-4-6-19(18)24-25-20)26-13-11-17(12-14-26)29-16-9-7-15(23)8-10-16/h3-10,17H,2,11-14H2,1H3. The number of hydrogen-bond donors (Lipinski definition) is 0. The molecular formula is C22H22FN3O3. The maximum Gasteiger partial charge on any atom is 0.361 e. The molecule has 2 heterocycles. The lowest BCUT2D eigenvalue weighted by Gasteiger charge is -2.34. The Hall–Kier alpha value is -3.22. The van der Waals surface area contributed by atoms with E-state index in [1.165, 1.54) is 12.1 Å². The number of carbonyl (C=O) groups excluding carboxylic acids is 1. The van der Waals surface area contributed by atoms with E-state index >= 15 is 0 Å². The predicted molar refractivity (Wildman–Crippen MR) is 108 cm³/mol. The van der Waals surface area contributed by atoms with E-state index in [9.17, 15) is 9.18 Å². The number of benzene rings is 2. The third kappa shape index (κ3) is 4.13. The molecule has 0 aliphatic carbocycles. The van der Waals surface area contributed by atoms with Crippen LogP contribution in [0.1, 0.15) is 30.3 Å². The van der Waals surface area contributed by atoms with Gasteiger partial charge in [0.05, 0.1) is 17.8 Å². The average molecular weight is 395 g/mol. The fraction of sp³-hybridized carbons (Fsp3) is 0.318. The third-order valence-electron chi connectivity index (χ3n) is 4.98. The number of piperidine rings is 1. The van der Waals surface area contributed by atoms with Crippen LogP contribution in [0.15, 0.2) is 48.5 Å². The van der Waals surface area contributed by atoms with Gasteiger partial charge in [0.2, 0.25) is 0 Å². The first-order valence-electron chi connectivity index (χ1n) is 9.75. The second kappa shape index (κ2) is 8.43. The number of rotatable bonds is 5. The molecule has 1 fully saturated rings. The topological polar surface area (TPSA) is 64.5 Å². The summed E-state index contributed by atoms with van der Waals surface area (Å²) < 4.78 is 24.3. The second-order valence-electron chi connectivity index (χ2n) is 6.89. The van der Waals surface area contributed by atoms with Gasteiger partial charge in [0.15, 0.2) is 5.69 Å². The zero-order valence-corrected chi connectivity index (χ0v) is 16.2. The van der Waals surface area contributed by atoms with Gasteiger partial charge in [0.1, 0.15) is 17.7 Å². The maximum absolute atomic E-state index is 13.1. The van der Waals surface area contributed by atoms with E-state index in [4.69, 9.17) is 9.47 Å². The van der Waals surface area contributed by atoms with Crippen molar-refractivity contribution in [1.29, 1.82) is 0 Å². The lowest BCUT2D eigenvalue weighted by Crippen LogP contribution is -2.39. The smallest absolute Gasteiger partial charge is 0.361 e. The zero-order valence-electron chi connectivity index (χ0n) is 16.2. The molecular weight excluding hydrogens is 373 g/mol. The predicted octanol–water partition coefficient (Wildman–Crippen LogP) is 3.99. The molecule has 0 saturated carbocycles. The summed E-state index contributed by atoms with van der Waals surface area (Å²) in [5.74, 6) is -0.0886. The molecule has 1 saturated heterocycles. The first kappa shape index (κ1) is 19.1. The number of nitrogens with zero attached hydrogens (tertiary/aromatic N) is 3. The average Bonchev–Trinajstić information content (AvgIpc) is 2.75. The van der Waals surface area contributed by atoms with Gasteiger partial charge in [-0.2, -0.15) is 0 Å². The van der Waals surface area contributed by atoms with Gasteiger partial charge in [-0.05, 0) is 37.3 Å². The summed E-state index contributed by atoms with van der Waals surface area (Å²) in [5, 5.41) is 9.23. The van der Waals surface area contributed by atoms with Crippen molar-refractivity contribution in [3.8, 4) is 5.75 Å². The van der Waals surface area contributed by atoms with Crippen LogP contribution in [0, 0.1) is 5.82 Å². The fourth-order valence-electron chi connectivity index (χ4n) is 3.60. The van der Waals surface area contributed by atoms with Crippen LogP contribution < -0.4 is 9.64 Å². The van der Waals surface area contributed by atoms with Crippen LogP contribution in [0.25, 0.3) is 10.9 Å². The van der Waals surface area contributed by atoms with Crippen molar-refractivity contribution in [1.82, 2.24) is 10.2 Å². The Morgan fingerprint density at radius 3 is 2.55 bits per heavy atom. The SMILES string of the molecule is CCOC(=O)c1nnc2ccccc2c1N1CCC(Oc2ccc(F)cc2)CC1. The van der Waals surface area contributed by atoms with Crippen molar-refractivity contribution >= 4 is 22.6 Å². The van der Waals surface area contributed by atoms with Crippen LogP contribution in [0.4, 0.5) is 10.1 Å². The molecule has 0 bridgehead atoms. The summed E-state index contributed by atoms with van der Waals surface area (Å²) in [4.78, 5) is 14.6. The minimum atomic E-state index is -0.467. The normalized spacial score (nSPS) is 14.8. The van der Waals surface area contributed by atoms with Crippen molar-refractivity contribution < 1.29 is 18.7 Å². The molecule has 2 aromatic carbocycles. The van der Waals surface area contributed by atoms with Gasteiger partial charge in [-0.25, -0.2) is 9.18 Å². The van der Waals surface area contributed by atoms with Gasteiger partial charge in [-0.3, -0.25) is 0 Å². The number of esters is 1. The molecule has 1 aliphatic rings. The van der Waals surface area contributed by atoms with E-state index in [1.54, 1.807) is 19.1 Å². The Bertz CT molecular complexity index is 1000. The largest absolute Gasteiger partial charge is 0.490 e. The minimum absolute atomic E-state index is 0.0313. The van der Waals surface area contributed by atoms with Gasteiger partial charge in [0.25, 0.3) is 0 Å². The summed E-state index contributed by atoms with van der Waals surface area (Å²) >= 11 is 0. The summed E-state index contributed by atoms with van der Waals surface area (Å²) in [7, 11) is 0. The molecule has 6 nitrogen and oxygen atoms in total. The van der Waals surface area contributed by atoms with E-state index < -0.39 is 5.97 Å². The molecule has 3 aromatic rings. The molecule has 29 heavy (non-hydrogen) atoms. The highest BCUT2D eigenvalue weighted by Crippen LogP contribution is 2.31. The number of carbonyl (C=O) groups is 1. The van der Waals surface area contributed by atoms with E-state index in [1.807, 2.05) is 24.3 Å². The first-order valence-corrected chi connectivity index (χ1v) is 9.75. The van der Waals surface area contributed by atoms with Gasteiger partial charge in [-0.1, -0.05) is 18.2 Å². The van der Waals surface area contributed by atoms with Crippen molar-refractivity contribution in [3.63, 3.8) is 0 Å². The van der Waals surface area contributed by atoms with Crippen molar-refractivity contribution in [2.45, 2.75) is 25.9 Å². The summed E-state index contributed by atoms with van der Waals surface area (Å²) in [6, 6.07) is 13.7. The lowest BCUT2D eigenvalue weighted by atomic mass is 10.0. The Kier molecular flexibility index (Phi) is 5.55. The molecule has 1 aliphatic heterocycles. The van der Waals surface area contributed by atoms with E-state index in [2.05, 4.69) is 15.1 Å². The maximum atomic E-state index is 13.1. The molecule has 0 unspecified atom stereocenters. The molecule has 0 radical (unpaired) electrons. The lowest BCUT2D eigenvalue weighted by molar-refractivity contribution is 0.0519. The van der Waals surface area contributed by atoms with Crippen LogP contribution in [-0.2, 0) is 4.74 Å². The van der Waals surface area contributed by atoms with Crippen LogP contribution in [0.5, 0.6) is 5.75 Å². The molecule has 1 aromatic heterocycles. The number of fused-ring (bicyclic) bond motifs is 1. The fourth-order valence-corrected chi connectivity index (χ4v) is 3.60. The molecule has 0 atom stereocenters. The number of anilines is 1. The monoisotopic (exact) mass is 395 g/mol. The molecule has 7 heteroatoms. The van der Waals surface area contributed by atoms with Gasteiger partial charge >= 0.3 is 5.97 Å². The Balaban J connectivity index is 1.56. The Labute approximate surface area is 168 Å². The highest BCUT2D eigenvalue weighted by Gasteiger charge is 2.27. The molecule has 150 valence electrons. The quantitative estimate of drug-likeness (QED) is 0.609. The summed E-state index contributed by atoms with van der Waals surface area (Å²) in [6.07, 6.45) is 1.58. The van der Waals surface area contributed by atoms with E-state index in [0.717, 1.165) is 29.4 Å². The van der Waals surface area contributed by atoms with Crippen LogP contribution >= 0.6 is 0 Å². The van der Waals surface area contributed by atoms with Gasteiger partial charge < -0.3 is 14.4 Å². The van der Waals surface area contributed by atoms with Crippen molar-refractivity contribution in [2.24, 2.45) is 0 Å². The number of hydrogen-bond acceptors (Lipinski definition) is 6. The van der Waals surface area contributed by atoms with Crippen LogP contribution in [-0.4, -0.2) is 42.0 Å². The number of halogens is 1. The molecule has 4 rings (SSSR count). The van der Waals surface area contributed by atoms with Gasteiger partial charge in [0, 0.05) is 31.3 Å². The molecule has 0 N–H and O–H groups in total. The molecule has 0 amide bonds.